The highest BCUT2D eigenvalue weighted by molar-refractivity contribution is 7.99. The van der Waals surface area contributed by atoms with Crippen LogP contribution < -0.4 is 28.9 Å². The highest BCUT2D eigenvalue weighted by Gasteiger charge is 2.37. The van der Waals surface area contributed by atoms with Crippen molar-refractivity contribution in [2.75, 3.05) is 25.0 Å². The first-order valence-electron chi connectivity index (χ1n) is 7.06. The molecule has 0 aromatic heterocycles. The number of rotatable bonds is 1. The van der Waals surface area contributed by atoms with Gasteiger partial charge in [0.05, 0.1) is 22.4 Å². The van der Waals surface area contributed by atoms with Gasteiger partial charge in [-0.1, -0.05) is 23.9 Å². The highest BCUT2D eigenvalue weighted by atomic mass is 127. The lowest BCUT2D eigenvalue weighted by atomic mass is 10.1. The average molecular weight is 439 g/mol. The first-order chi connectivity index (χ1) is 10.6. The number of fused-ring (bicyclic) bond motifs is 5. The van der Waals surface area contributed by atoms with E-state index in [2.05, 4.69) is 28.7 Å². The number of halogens is 1. The van der Waals surface area contributed by atoms with Crippen molar-refractivity contribution < 1.29 is 33.5 Å². The third kappa shape index (κ3) is 2.61. The van der Waals surface area contributed by atoms with Gasteiger partial charge in [0, 0.05) is 17.0 Å². The molecule has 0 atom stereocenters. The Labute approximate surface area is 155 Å². The zero-order chi connectivity index (χ0) is 15.3. The molecule has 2 aromatic carbocycles. The van der Waals surface area contributed by atoms with Gasteiger partial charge in [-0.15, -0.1) is 0 Å². The molecular weight excluding hydrogens is 425 g/mol. The topological polar surface area (TPSA) is 49.4 Å². The van der Waals surface area contributed by atoms with Crippen molar-refractivity contribution in [1.82, 2.24) is 0 Å². The molecule has 118 valence electrons. The van der Waals surface area contributed by atoms with E-state index in [9.17, 15) is 10.1 Å². The van der Waals surface area contributed by atoms with Crippen LogP contribution in [0.3, 0.4) is 0 Å². The van der Waals surface area contributed by atoms with E-state index in [1.165, 1.54) is 11.4 Å². The van der Waals surface area contributed by atoms with Crippen LogP contribution in [0.4, 0.5) is 11.4 Å². The number of nitro benzene ring substituents is 1. The summed E-state index contributed by atoms with van der Waals surface area (Å²) >= 11 is 1.60. The molecule has 0 fully saturated rings. The van der Waals surface area contributed by atoms with E-state index in [4.69, 9.17) is 0 Å². The molecule has 2 aromatic rings. The van der Waals surface area contributed by atoms with Gasteiger partial charge in [-0.05, 0) is 18.2 Å². The first-order valence-corrected chi connectivity index (χ1v) is 7.88. The number of non-ortho nitro benzene ring substituents is 1. The Bertz CT molecular complexity index is 838. The van der Waals surface area contributed by atoms with Gasteiger partial charge in [0.2, 0.25) is 0 Å². The number of hydrogen-bond acceptors (Lipinski definition) is 4. The molecule has 0 saturated heterocycles. The minimum absolute atomic E-state index is 0. The standard InChI is InChI=1S/C16H14N3O2S.HI/c1-17-8-9-18-13-7-6-11(19(20)21)10-15(13)22-14-5-3-2-4-12(14)16(17)18;/h2-7,10H,8-9H2,1H3;1H/q+1;/p-1. The number of anilines is 1. The monoisotopic (exact) mass is 439 g/mol. The van der Waals surface area contributed by atoms with Crippen LogP contribution in [0.1, 0.15) is 5.56 Å². The van der Waals surface area contributed by atoms with E-state index in [1.807, 2.05) is 18.2 Å². The van der Waals surface area contributed by atoms with Crippen molar-refractivity contribution in [2.45, 2.75) is 9.79 Å². The lowest BCUT2D eigenvalue weighted by Crippen LogP contribution is -3.00. The first kappa shape index (κ1) is 16.3. The van der Waals surface area contributed by atoms with E-state index in [1.54, 1.807) is 23.9 Å². The molecule has 23 heavy (non-hydrogen) atoms. The molecule has 0 amide bonds. The van der Waals surface area contributed by atoms with Gasteiger partial charge in [-0.2, -0.15) is 0 Å². The van der Waals surface area contributed by atoms with Crippen LogP contribution in [0.25, 0.3) is 0 Å². The Morgan fingerprint density at radius 2 is 2.00 bits per heavy atom. The minimum atomic E-state index is -0.335. The quantitative estimate of drug-likeness (QED) is 0.271. The smallest absolute Gasteiger partial charge is 0.285 e. The summed E-state index contributed by atoms with van der Waals surface area (Å²) < 4.78 is 2.25. The molecule has 2 aliphatic rings. The Morgan fingerprint density at radius 3 is 2.78 bits per heavy atom. The predicted molar refractivity (Wildman–Crippen MR) is 86.2 cm³/mol. The van der Waals surface area contributed by atoms with Crippen molar-refractivity contribution in [3.63, 3.8) is 0 Å². The van der Waals surface area contributed by atoms with Crippen LogP contribution in [-0.2, 0) is 0 Å². The average Bonchev–Trinajstić information content (AvgIpc) is 2.82. The van der Waals surface area contributed by atoms with E-state index >= 15 is 0 Å². The molecule has 5 nitrogen and oxygen atoms in total. The summed E-state index contributed by atoms with van der Waals surface area (Å²) in [4.78, 5) is 15.1. The second-order valence-corrected chi connectivity index (χ2v) is 6.49. The lowest BCUT2D eigenvalue weighted by molar-refractivity contribution is -0.485. The van der Waals surface area contributed by atoms with Crippen LogP contribution in [0.5, 0.6) is 0 Å². The number of amidine groups is 1. The summed E-state index contributed by atoms with van der Waals surface area (Å²) in [6.45, 7) is 1.84. The summed E-state index contributed by atoms with van der Waals surface area (Å²) in [6.07, 6.45) is 0. The van der Waals surface area contributed by atoms with E-state index in [0.29, 0.717) is 0 Å². The van der Waals surface area contributed by atoms with E-state index in [-0.39, 0.29) is 34.6 Å². The van der Waals surface area contributed by atoms with Crippen molar-refractivity contribution in [2.24, 2.45) is 0 Å². The van der Waals surface area contributed by atoms with Crippen molar-refractivity contribution in [1.29, 1.82) is 0 Å². The van der Waals surface area contributed by atoms with Crippen LogP contribution >= 0.6 is 11.8 Å². The zero-order valence-electron chi connectivity index (χ0n) is 12.4. The van der Waals surface area contributed by atoms with Crippen molar-refractivity contribution in [3.8, 4) is 0 Å². The fourth-order valence-corrected chi connectivity index (χ4v) is 4.15. The van der Waals surface area contributed by atoms with Gasteiger partial charge in [-0.25, -0.2) is 4.90 Å². The molecule has 2 heterocycles. The van der Waals surface area contributed by atoms with Crippen LogP contribution in [0.2, 0.25) is 0 Å². The fraction of sp³-hybridized carbons (Fsp3) is 0.188. The Hall–Kier alpha value is -1.61. The number of nitrogens with zero attached hydrogens (tertiary/aromatic N) is 3. The van der Waals surface area contributed by atoms with Gasteiger partial charge in [-0.3, -0.25) is 14.7 Å². The maximum Gasteiger partial charge on any atom is 0.285 e. The van der Waals surface area contributed by atoms with Gasteiger partial charge in [0.15, 0.2) is 0 Å². The van der Waals surface area contributed by atoms with Crippen LogP contribution in [-0.4, -0.2) is 35.5 Å². The summed E-state index contributed by atoms with van der Waals surface area (Å²) in [6, 6.07) is 13.4. The highest BCUT2D eigenvalue weighted by Crippen LogP contribution is 2.43. The molecule has 0 unspecified atom stereocenters. The number of likely N-dealkylation sites (N-methyl/N-ethyl adjacent to an activating group) is 1. The molecule has 4 rings (SSSR count). The number of nitro groups is 1. The molecule has 0 radical (unpaired) electrons. The van der Waals surface area contributed by atoms with Gasteiger partial charge >= 0.3 is 0 Å². The third-order valence-corrected chi connectivity index (χ3v) is 5.19. The Morgan fingerprint density at radius 1 is 1.22 bits per heavy atom. The second-order valence-electron chi connectivity index (χ2n) is 5.40. The Balaban J connectivity index is 0.00000156. The fourth-order valence-electron chi connectivity index (χ4n) is 3.03. The molecular formula is C16H14IN3O2S. The molecule has 0 bridgehead atoms. The summed E-state index contributed by atoms with van der Waals surface area (Å²) in [7, 11) is 2.09. The van der Waals surface area contributed by atoms with Crippen LogP contribution in [0.15, 0.2) is 52.3 Å². The van der Waals surface area contributed by atoms with E-state index < -0.39 is 0 Å². The molecule has 0 saturated carbocycles. The van der Waals surface area contributed by atoms with Gasteiger partial charge in [0.1, 0.15) is 18.8 Å². The second kappa shape index (κ2) is 6.12. The summed E-state index contributed by atoms with van der Waals surface area (Å²) in [5, 5.41) is 11.1. The Kier molecular flexibility index (Phi) is 4.33. The SMILES string of the molecule is C[N+]1=C2c3ccccc3Sc3cc([N+](=O)[O-])ccc3N2CC1.[I-]. The maximum absolute atomic E-state index is 11.1. The third-order valence-electron chi connectivity index (χ3n) is 4.07. The largest absolute Gasteiger partial charge is 1.00 e. The zero-order valence-corrected chi connectivity index (χ0v) is 15.4. The van der Waals surface area contributed by atoms with Crippen LogP contribution in [0, 0.1) is 10.1 Å². The molecule has 0 N–H and O–H groups in total. The number of hydrogen-bond donors (Lipinski definition) is 0. The maximum atomic E-state index is 11.1. The van der Waals surface area contributed by atoms with Crippen molar-refractivity contribution >= 4 is 29.0 Å². The summed E-state index contributed by atoms with van der Waals surface area (Å²) in [5.74, 6) is 1.18. The molecule has 7 heteroatoms. The van der Waals surface area contributed by atoms with E-state index in [0.717, 1.165) is 28.6 Å². The van der Waals surface area contributed by atoms with Gasteiger partial charge < -0.3 is 24.0 Å². The predicted octanol–water partition coefficient (Wildman–Crippen LogP) is -0.0275. The number of benzene rings is 2. The van der Waals surface area contributed by atoms with Gasteiger partial charge in [0.25, 0.3) is 11.5 Å². The molecule has 0 spiro atoms. The normalized spacial score (nSPS) is 15.3. The van der Waals surface area contributed by atoms with Crippen molar-refractivity contribution in [3.05, 3.63) is 58.1 Å². The molecule has 2 aliphatic heterocycles. The minimum Gasteiger partial charge on any atom is -1.00 e. The summed E-state index contributed by atoms with van der Waals surface area (Å²) in [5.41, 5.74) is 2.37. The molecule has 0 aliphatic carbocycles. The lowest BCUT2D eigenvalue weighted by Gasteiger charge is -2.12.